The van der Waals surface area contributed by atoms with Crippen LogP contribution < -0.4 is 4.90 Å². The van der Waals surface area contributed by atoms with Gasteiger partial charge in [0.1, 0.15) is 22.8 Å². The number of imidazole rings is 1. The average Bonchev–Trinajstić information content (AvgIpc) is 3.10. The van der Waals surface area contributed by atoms with Crippen molar-refractivity contribution in [1.82, 2.24) is 19.5 Å². The summed E-state index contributed by atoms with van der Waals surface area (Å²) in [5, 5.41) is 3.26. The van der Waals surface area contributed by atoms with E-state index in [1.165, 1.54) is 11.2 Å². The highest BCUT2D eigenvalue weighted by molar-refractivity contribution is 7.16. The van der Waals surface area contributed by atoms with Gasteiger partial charge in [0.15, 0.2) is 0 Å². The van der Waals surface area contributed by atoms with Crippen molar-refractivity contribution in [2.24, 2.45) is 5.92 Å². The fourth-order valence-corrected chi connectivity index (χ4v) is 3.71. The van der Waals surface area contributed by atoms with E-state index in [0.717, 1.165) is 36.7 Å². The second kappa shape index (κ2) is 5.11. The van der Waals surface area contributed by atoms with Crippen LogP contribution in [0.1, 0.15) is 12.7 Å². The normalized spacial score (nSPS) is 15.6. The van der Waals surface area contributed by atoms with Crippen LogP contribution in [0.5, 0.6) is 0 Å². The maximum absolute atomic E-state index is 4.47. The van der Waals surface area contributed by atoms with Crippen molar-refractivity contribution in [3.63, 3.8) is 0 Å². The topological polar surface area (TPSA) is 46.8 Å². The van der Waals surface area contributed by atoms with Crippen molar-refractivity contribution < 1.29 is 0 Å². The summed E-state index contributed by atoms with van der Waals surface area (Å²) >= 11 is 1.67. The third-order valence-corrected chi connectivity index (χ3v) is 4.89. The molecule has 0 N–H and O–H groups in total. The van der Waals surface area contributed by atoms with Crippen LogP contribution in [0.2, 0.25) is 0 Å². The molecular formula is C15H17N5S. The lowest BCUT2D eigenvalue weighted by molar-refractivity contribution is 0.351. The van der Waals surface area contributed by atoms with Gasteiger partial charge in [-0.15, -0.1) is 11.3 Å². The molecule has 4 rings (SSSR count). The molecule has 1 aliphatic rings. The smallest absolute Gasteiger partial charge is 0.140 e. The van der Waals surface area contributed by atoms with Crippen molar-refractivity contribution in [2.45, 2.75) is 19.9 Å². The summed E-state index contributed by atoms with van der Waals surface area (Å²) in [4.78, 5) is 16.6. The summed E-state index contributed by atoms with van der Waals surface area (Å²) in [6.45, 7) is 5.32. The summed E-state index contributed by atoms with van der Waals surface area (Å²) in [5.74, 6) is 2.93. The number of aryl methyl sites for hydroxylation is 1. The van der Waals surface area contributed by atoms with Crippen LogP contribution in [0.15, 0.2) is 30.2 Å². The molecule has 0 saturated carbocycles. The number of fused-ring (bicyclic) bond motifs is 1. The van der Waals surface area contributed by atoms with Gasteiger partial charge in [-0.25, -0.2) is 15.0 Å². The molecule has 6 heteroatoms. The van der Waals surface area contributed by atoms with Crippen LogP contribution in [0.25, 0.3) is 10.2 Å². The molecular weight excluding hydrogens is 282 g/mol. The van der Waals surface area contributed by atoms with Gasteiger partial charge in [-0.05, 0) is 11.4 Å². The lowest BCUT2D eigenvalue weighted by Gasteiger charge is -2.40. The SMILES string of the molecule is CCc1nccn1CC1CN(c2ncnc3sccc23)C1. The summed E-state index contributed by atoms with van der Waals surface area (Å²) in [6.07, 6.45) is 6.65. The van der Waals surface area contributed by atoms with E-state index < -0.39 is 0 Å². The first-order valence-electron chi connectivity index (χ1n) is 7.28. The zero-order valence-corrected chi connectivity index (χ0v) is 12.8. The Morgan fingerprint density at radius 2 is 2.19 bits per heavy atom. The zero-order valence-electron chi connectivity index (χ0n) is 11.9. The minimum Gasteiger partial charge on any atom is -0.355 e. The lowest BCUT2D eigenvalue weighted by atomic mass is 9.99. The number of hydrogen-bond donors (Lipinski definition) is 0. The molecule has 4 heterocycles. The van der Waals surface area contributed by atoms with E-state index in [1.807, 2.05) is 6.20 Å². The van der Waals surface area contributed by atoms with Crippen LogP contribution in [0, 0.1) is 5.92 Å². The van der Waals surface area contributed by atoms with Crippen LogP contribution in [-0.2, 0) is 13.0 Å². The molecule has 0 spiro atoms. The van der Waals surface area contributed by atoms with E-state index in [4.69, 9.17) is 0 Å². The minimum atomic E-state index is 0.674. The third-order valence-electron chi connectivity index (χ3n) is 4.07. The highest BCUT2D eigenvalue weighted by Crippen LogP contribution is 2.31. The van der Waals surface area contributed by atoms with E-state index in [-0.39, 0.29) is 0 Å². The molecule has 108 valence electrons. The molecule has 0 radical (unpaired) electrons. The van der Waals surface area contributed by atoms with Gasteiger partial charge in [0.2, 0.25) is 0 Å². The molecule has 1 aliphatic heterocycles. The van der Waals surface area contributed by atoms with Gasteiger partial charge in [0.25, 0.3) is 0 Å². The Kier molecular flexibility index (Phi) is 3.11. The molecule has 1 saturated heterocycles. The largest absolute Gasteiger partial charge is 0.355 e. The number of anilines is 1. The monoisotopic (exact) mass is 299 g/mol. The van der Waals surface area contributed by atoms with Gasteiger partial charge in [0.05, 0.1) is 5.39 Å². The molecule has 0 bridgehead atoms. The summed E-state index contributed by atoms with van der Waals surface area (Å²) in [7, 11) is 0. The quantitative estimate of drug-likeness (QED) is 0.743. The fourth-order valence-electron chi connectivity index (χ4n) is 2.99. The summed E-state index contributed by atoms with van der Waals surface area (Å²) in [6, 6.07) is 2.12. The van der Waals surface area contributed by atoms with Crippen molar-refractivity contribution in [3.05, 3.63) is 36.0 Å². The number of nitrogens with zero attached hydrogens (tertiary/aromatic N) is 5. The Balaban J connectivity index is 1.46. The summed E-state index contributed by atoms with van der Waals surface area (Å²) in [5.41, 5.74) is 0. The lowest BCUT2D eigenvalue weighted by Crippen LogP contribution is -2.49. The van der Waals surface area contributed by atoms with E-state index in [1.54, 1.807) is 17.7 Å². The van der Waals surface area contributed by atoms with Crippen molar-refractivity contribution in [3.8, 4) is 0 Å². The molecule has 0 atom stereocenters. The van der Waals surface area contributed by atoms with Gasteiger partial charge in [-0.2, -0.15) is 0 Å². The highest BCUT2D eigenvalue weighted by atomic mass is 32.1. The number of aromatic nitrogens is 4. The van der Waals surface area contributed by atoms with Crippen LogP contribution >= 0.6 is 11.3 Å². The van der Waals surface area contributed by atoms with Crippen LogP contribution in [-0.4, -0.2) is 32.6 Å². The van der Waals surface area contributed by atoms with E-state index in [2.05, 4.69) is 49.0 Å². The summed E-state index contributed by atoms with van der Waals surface area (Å²) < 4.78 is 2.28. The second-order valence-electron chi connectivity index (χ2n) is 5.46. The number of thiophene rings is 1. The third kappa shape index (κ3) is 2.19. The average molecular weight is 299 g/mol. The van der Waals surface area contributed by atoms with Gasteiger partial charge in [0, 0.05) is 44.4 Å². The first-order valence-corrected chi connectivity index (χ1v) is 8.16. The molecule has 3 aromatic heterocycles. The Morgan fingerprint density at radius 3 is 3.05 bits per heavy atom. The van der Waals surface area contributed by atoms with E-state index in [9.17, 15) is 0 Å². The highest BCUT2D eigenvalue weighted by Gasteiger charge is 2.29. The van der Waals surface area contributed by atoms with E-state index >= 15 is 0 Å². The number of hydrogen-bond acceptors (Lipinski definition) is 5. The van der Waals surface area contributed by atoms with Gasteiger partial charge in [-0.3, -0.25) is 0 Å². The molecule has 0 unspecified atom stereocenters. The van der Waals surface area contributed by atoms with Gasteiger partial charge < -0.3 is 9.47 Å². The van der Waals surface area contributed by atoms with Gasteiger partial charge in [-0.1, -0.05) is 6.92 Å². The first-order chi connectivity index (χ1) is 10.3. The molecule has 0 aromatic carbocycles. The minimum absolute atomic E-state index is 0.674. The molecule has 21 heavy (non-hydrogen) atoms. The maximum atomic E-state index is 4.47. The Labute approximate surface area is 127 Å². The van der Waals surface area contributed by atoms with Crippen molar-refractivity contribution in [1.29, 1.82) is 0 Å². The van der Waals surface area contributed by atoms with Crippen LogP contribution in [0.4, 0.5) is 5.82 Å². The molecule has 0 aliphatic carbocycles. The molecule has 0 amide bonds. The van der Waals surface area contributed by atoms with Crippen molar-refractivity contribution in [2.75, 3.05) is 18.0 Å². The Morgan fingerprint density at radius 1 is 1.29 bits per heavy atom. The van der Waals surface area contributed by atoms with Crippen LogP contribution in [0.3, 0.4) is 0 Å². The molecule has 3 aromatic rings. The predicted octanol–water partition coefficient (Wildman–Crippen LogP) is 2.59. The van der Waals surface area contributed by atoms with Gasteiger partial charge >= 0.3 is 0 Å². The standard InChI is InChI=1S/C15H17N5S/c1-2-13-16-4-5-19(13)7-11-8-20(9-11)14-12-3-6-21-15(12)18-10-17-14/h3-6,10-11H,2,7-9H2,1H3. The molecule has 1 fully saturated rings. The van der Waals surface area contributed by atoms with E-state index in [0.29, 0.717) is 5.92 Å². The fraction of sp³-hybridized carbons (Fsp3) is 0.400. The second-order valence-corrected chi connectivity index (χ2v) is 6.35. The maximum Gasteiger partial charge on any atom is 0.140 e. The first kappa shape index (κ1) is 12.8. The predicted molar refractivity (Wildman–Crippen MR) is 84.7 cm³/mol. The molecule has 5 nitrogen and oxygen atoms in total. The zero-order chi connectivity index (χ0) is 14.2. The Hall–Kier alpha value is -1.95. The Bertz CT molecular complexity index is 756. The van der Waals surface area contributed by atoms with Crippen molar-refractivity contribution >= 4 is 27.4 Å². The number of rotatable bonds is 4.